The van der Waals surface area contributed by atoms with Gasteiger partial charge in [0.2, 0.25) is 5.91 Å². The highest BCUT2D eigenvalue weighted by Gasteiger charge is 2.16. The van der Waals surface area contributed by atoms with Crippen LogP contribution in [-0.2, 0) is 11.2 Å². The summed E-state index contributed by atoms with van der Waals surface area (Å²) >= 11 is 0. The van der Waals surface area contributed by atoms with Gasteiger partial charge in [0.1, 0.15) is 11.6 Å². The zero-order valence-corrected chi connectivity index (χ0v) is 17.1. The Hall–Kier alpha value is -2.60. The lowest BCUT2D eigenvalue weighted by molar-refractivity contribution is -0.121. The predicted molar refractivity (Wildman–Crippen MR) is 114 cm³/mol. The fourth-order valence-corrected chi connectivity index (χ4v) is 3.59. The normalized spacial score (nSPS) is 14.6. The van der Waals surface area contributed by atoms with Gasteiger partial charge in [0.05, 0.1) is 7.11 Å². The predicted octanol–water partition coefficient (Wildman–Crippen LogP) is 3.10. The van der Waals surface area contributed by atoms with Crippen LogP contribution in [0.4, 0.5) is 10.1 Å². The summed E-state index contributed by atoms with van der Waals surface area (Å²) in [6, 6.07) is 14.6. The molecule has 1 N–H and O–H groups in total. The van der Waals surface area contributed by atoms with Crippen molar-refractivity contribution >= 4 is 11.6 Å². The fraction of sp³-hybridized carbons (Fsp3) is 0.435. The van der Waals surface area contributed by atoms with Crippen LogP contribution in [0.2, 0.25) is 0 Å². The van der Waals surface area contributed by atoms with Crippen molar-refractivity contribution in [3.8, 4) is 5.75 Å². The zero-order valence-electron chi connectivity index (χ0n) is 17.1. The Kier molecular flexibility index (Phi) is 7.87. The second-order valence-electron chi connectivity index (χ2n) is 7.36. The third-order valence-corrected chi connectivity index (χ3v) is 5.31. The number of piperazine rings is 1. The number of hydrogen-bond donors (Lipinski definition) is 1. The molecule has 1 heterocycles. The van der Waals surface area contributed by atoms with E-state index in [1.54, 1.807) is 13.2 Å². The maximum Gasteiger partial charge on any atom is 0.220 e. The number of halogens is 1. The van der Waals surface area contributed by atoms with Crippen LogP contribution in [0.1, 0.15) is 18.4 Å². The van der Waals surface area contributed by atoms with Crippen LogP contribution in [0.15, 0.2) is 48.5 Å². The molecule has 3 rings (SSSR count). The number of anilines is 1. The van der Waals surface area contributed by atoms with Crippen LogP contribution in [0.25, 0.3) is 0 Å². The number of nitrogens with zero attached hydrogens (tertiary/aromatic N) is 2. The van der Waals surface area contributed by atoms with Crippen LogP contribution in [0.3, 0.4) is 0 Å². The lowest BCUT2D eigenvalue weighted by atomic mass is 10.1. The first kappa shape index (κ1) is 21.1. The summed E-state index contributed by atoms with van der Waals surface area (Å²) in [5, 5.41) is 2.97. The van der Waals surface area contributed by atoms with Crippen molar-refractivity contribution in [1.29, 1.82) is 0 Å². The second kappa shape index (κ2) is 10.8. The van der Waals surface area contributed by atoms with Gasteiger partial charge in [-0.25, -0.2) is 4.39 Å². The number of amides is 1. The Morgan fingerprint density at radius 2 is 1.86 bits per heavy atom. The molecule has 1 aliphatic rings. The summed E-state index contributed by atoms with van der Waals surface area (Å²) in [6.07, 6.45) is 1.90. The number of methoxy groups -OCH3 is 1. The quantitative estimate of drug-likeness (QED) is 0.658. The topological polar surface area (TPSA) is 44.8 Å². The molecular formula is C23H30FN3O2. The maximum absolute atomic E-state index is 13.2. The highest BCUT2D eigenvalue weighted by Crippen LogP contribution is 2.20. The van der Waals surface area contributed by atoms with Crippen LogP contribution >= 0.6 is 0 Å². The third-order valence-electron chi connectivity index (χ3n) is 5.31. The van der Waals surface area contributed by atoms with Crippen molar-refractivity contribution in [3.63, 3.8) is 0 Å². The average molecular weight is 400 g/mol. The van der Waals surface area contributed by atoms with E-state index < -0.39 is 0 Å². The largest absolute Gasteiger partial charge is 0.497 e. The molecule has 0 unspecified atom stereocenters. The molecular weight excluding hydrogens is 369 g/mol. The number of rotatable bonds is 9. The van der Waals surface area contributed by atoms with Crippen molar-refractivity contribution in [2.75, 3.05) is 51.3 Å². The first-order valence-electron chi connectivity index (χ1n) is 10.3. The molecule has 6 heteroatoms. The van der Waals surface area contributed by atoms with Crippen molar-refractivity contribution < 1.29 is 13.9 Å². The number of hydrogen-bond acceptors (Lipinski definition) is 4. The van der Waals surface area contributed by atoms with E-state index in [-0.39, 0.29) is 11.7 Å². The number of nitrogens with one attached hydrogen (secondary N) is 1. The molecule has 0 aliphatic carbocycles. The number of carbonyl (C=O) groups is 1. The Morgan fingerprint density at radius 1 is 1.10 bits per heavy atom. The number of benzene rings is 2. The molecule has 0 spiro atoms. The first-order chi connectivity index (χ1) is 14.1. The Labute approximate surface area is 172 Å². The van der Waals surface area contributed by atoms with Gasteiger partial charge in [-0.2, -0.15) is 0 Å². The molecule has 1 amide bonds. The Balaban J connectivity index is 1.28. The van der Waals surface area contributed by atoms with Gasteiger partial charge >= 0.3 is 0 Å². The minimum Gasteiger partial charge on any atom is -0.497 e. The van der Waals surface area contributed by atoms with Crippen molar-refractivity contribution in [2.45, 2.75) is 19.3 Å². The first-order valence-corrected chi connectivity index (χ1v) is 10.3. The molecule has 156 valence electrons. The standard InChI is InChI=1S/C23H30FN3O2/c1-29-22-9-7-21(8-10-22)27-16-14-26(15-17-27)13-3-12-25-23(28)11-6-19-4-2-5-20(24)18-19/h2,4-5,7-10,18H,3,6,11-17H2,1H3,(H,25,28). The van der Waals surface area contributed by atoms with E-state index in [0.717, 1.165) is 50.5 Å². The van der Waals surface area contributed by atoms with Gasteiger partial charge < -0.3 is 15.0 Å². The number of aryl methyl sites for hydroxylation is 1. The molecule has 2 aromatic carbocycles. The van der Waals surface area contributed by atoms with Gasteiger partial charge in [0, 0.05) is 44.8 Å². The number of carbonyl (C=O) groups excluding carboxylic acids is 1. The average Bonchev–Trinajstić information content (AvgIpc) is 2.76. The molecule has 0 saturated carbocycles. The minimum absolute atomic E-state index is 0.0265. The third kappa shape index (κ3) is 6.75. The molecule has 0 aromatic heterocycles. The summed E-state index contributed by atoms with van der Waals surface area (Å²) in [4.78, 5) is 16.8. The highest BCUT2D eigenvalue weighted by molar-refractivity contribution is 5.76. The van der Waals surface area contributed by atoms with Gasteiger partial charge in [-0.3, -0.25) is 9.69 Å². The Morgan fingerprint density at radius 3 is 2.55 bits per heavy atom. The molecule has 1 aliphatic heterocycles. The summed E-state index contributed by atoms with van der Waals surface area (Å²) in [6.45, 7) is 5.74. The molecule has 29 heavy (non-hydrogen) atoms. The molecule has 1 saturated heterocycles. The van der Waals surface area contributed by atoms with Gasteiger partial charge in [-0.1, -0.05) is 12.1 Å². The van der Waals surface area contributed by atoms with E-state index in [1.165, 1.54) is 17.8 Å². The van der Waals surface area contributed by atoms with E-state index in [2.05, 4.69) is 27.2 Å². The number of ether oxygens (including phenoxy) is 1. The summed E-state index contributed by atoms with van der Waals surface area (Å²) in [5.41, 5.74) is 2.09. The van der Waals surface area contributed by atoms with E-state index in [9.17, 15) is 9.18 Å². The van der Waals surface area contributed by atoms with Gasteiger partial charge in [0.25, 0.3) is 0 Å². The summed E-state index contributed by atoms with van der Waals surface area (Å²) < 4.78 is 18.4. The Bertz CT molecular complexity index is 774. The van der Waals surface area contributed by atoms with Crippen LogP contribution < -0.4 is 15.0 Å². The van der Waals surface area contributed by atoms with E-state index in [0.29, 0.717) is 19.4 Å². The smallest absolute Gasteiger partial charge is 0.220 e. The molecule has 2 aromatic rings. The zero-order chi connectivity index (χ0) is 20.5. The van der Waals surface area contributed by atoms with Crippen LogP contribution in [-0.4, -0.2) is 57.2 Å². The van der Waals surface area contributed by atoms with Gasteiger partial charge in [0.15, 0.2) is 0 Å². The van der Waals surface area contributed by atoms with Crippen molar-refractivity contribution in [2.24, 2.45) is 0 Å². The van der Waals surface area contributed by atoms with E-state index in [1.807, 2.05) is 18.2 Å². The maximum atomic E-state index is 13.2. The molecule has 0 radical (unpaired) electrons. The molecule has 1 fully saturated rings. The molecule has 0 bridgehead atoms. The van der Waals surface area contributed by atoms with Crippen molar-refractivity contribution in [3.05, 3.63) is 59.9 Å². The lowest BCUT2D eigenvalue weighted by Gasteiger charge is -2.36. The lowest BCUT2D eigenvalue weighted by Crippen LogP contribution is -2.47. The van der Waals surface area contributed by atoms with Gasteiger partial charge in [-0.05, 0) is 61.3 Å². The van der Waals surface area contributed by atoms with E-state index >= 15 is 0 Å². The monoisotopic (exact) mass is 399 g/mol. The fourth-order valence-electron chi connectivity index (χ4n) is 3.59. The van der Waals surface area contributed by atoms with Crippen LogP contribution in [0, 0.1) is 5.82 Å². The second-order valence-corrected chi connectivity index (χ2v) is 7.36. The van der Waals surface area contributed by atoms with Crippen LogP contribution in [0.5, 0.6) is 5.75 Å². The van der Waals surface area contributed by atoms with Crippen molar-refractivity contribution in [1.82, 2.24) is 10.2 Å². The molecule has 0 atom stereocenters. The summed E-state index contributed by atoms with van der Waals surface area (Å²) in [7, 11) is 1.68. The van der Waals surface area contributed by atoms with Gasteiger partial charge in [-0.15, -0.1) is 0 Å². The summed E-state index contributed by atoms with van der Waals surface area (Å²) in [5.74, 6) is 0.652. The minimum atomic E-state index is -0.255. The SMILES string of the molecule is COc1ccc(N2CCN(CCCNC(=O)CCc3cccc(F)c3)CC2)cc1. The highest BCUT2D eigenvalue weighted by atomic mass is 19.1. The van der Waals surface area contributed by atoms with E-state index in [4.69, 9.17) is 4.74 Å². The molecule has 5 nitrogen and oxygen atoms in total.